The van der Waals surface area contributed by atoms with Crippen LogP contribution in [0.3, 0.4) is 0 Å². The number of hydrogen-bond acceptors (Lipinski definition) is 14. The van der Waals surface area contributed by atoms with Gasteiger partial charge in [-0.1, -0.05) is 48.5 Å². The SMILES string of the molecule is Cc1c(COc2nc(OCc3cccnc3)c(CNC[C@@H](O)CC(=O)O)cc2Br)cccc1-c1cccc(COc2nc(OCc3cccnc3)c(CNC[C@@H](O)CC(=O)O)cc2Br)c1C. The number of nitrogens with zero attached hydrogens (tertiary/aromatic N) is 4. The molecule has 0 radical (unpaired) electrons. The van der Waals surface area contributed by atoms with E-state index in [1.807, 2.05) is 74.5 Å². The zero-order chi connectivity index (χ0) is 47.0. The van der Waals surface area contributed by atoms with Gasteiger partial charge in [0.05, 0.1) is 34.0 Å². The van der Waals surface area contributed by atoms with Gasteiger partial charge in [-0.05, 0) is 103 Å². The Hall–Kier alpha value is -6.02. The monoisotopic (exact) mass is 1030 g/mol. The van der Waals surface area contributed by atoms with Crippen molar-refractivity contribution in [1.29, 1.82) is 0 Å². The van der Waals surface area contributed by atoms with Crippen LogP contribution in [-0.2, 0) is 49.1 Å². The highest BCUT2D eigenvalue weighted by Gasteiger charge is 2.19. The van der Waals surface area contributed by atoms with E-state index < -0.39 is 24.1 Å². The minimum absolute atomic E-state index is 0.0643. The fourth-order valence-corrected chi connectivity index (χ4v) is 7.77. The predicted molar refractivity (Wildman–Crippen MR) is 251 cm³/mol. The molecule has 6 aromatic rings. The largest absolute Gasteiger partial charge is 0.481 e. The molecule has 0 amide bonds. The number of hydrogen-bond donors (Lipinski definition) is 6. The van der Waals surface area contributed by atoms with Gasteiger partial charge in [0, 0.05) is 73.2 Å². The molecule has 6 rings (SSSR count). The van der Waals surface area contributed by atoms with Crippen LogP contribution in [0.2, 0.25) is 0 Å². The number of benzene rings is 2. The number of pyridine rings is 4. The summed E-state index contributed by atoms with van der Waals surface area (Å²) in [5.41, 5.74) is 8.98. The van der Waals surface area contributed by atoms with Crippen molar-refractivity contribution in [2.75, 3.05) is 13.1 Å². The molecule has 4 aromatic heterocycles. The van der Waals surface area contributed by atoms with Gasteiger partial charge in [-0.25, -0.2) is 0 Å². The van der Waals surface area contributed by atoms with Gasteiger partial charge < -0.3 is 50.0 Å². The van der Waals surface area contributed by atoms with E-state index in [-0.39, 0.29) is 65.4 Å². The first-order valence-corrected chi connectivity index (χ1v) is 22.5. The normalized spacial score (nSPS) is 12.0. The molecule has 0 fully saturated rings. The lowest BCUT2D eigenvalue weighted by Gasteiger charge is -2.18. The van der Waals surface area contributed by atoms with Gasteiger partial charge in [0.1, 0.15) is 26.4 Å². The van der Waals surface area contributed by atoms with E-state index in [1.165, 1.54) is 0 Å². The number of carbonyl (C=O) groups is 2. The van der Waals surface area contributed by atoms with E-state index in [9.17, 15) is 19.8 Å². The summed E-state index contributed by atoms with van der Waals surface area (Å²) in [4.78, 5) is 39.8. The van der Waals surface area contributed by atoms with Crippen molar-refractivity contribution in [2.45, 2.75) is 78.4 Å². The number of aliphatic carboxylic acids is 2. The fourth-order valence-electron chi connectivity index (χ4n) is 6.81. The van der Waals surface area contributed by atoms with Gasteiger partial charge >= 0.3 is 11.9 Å². The van der Waals surface area contributed by atoms with Crippen LogP contribution in [0.25, 0.3) is 11.1 Å². The van der Waals surface area contributed by atoms with Crippen molar-refractivity contribution in [2.24, 2.45) is 0 Å². The molecule has 0 aliphatic heterocycles. The molecular formula is C48H50Br2N6O10. The van der Waals surface area contributed by atoms with Crippen molar-refractivity contribution < 1.29 is 49.0 Å². The summed E-state index contributed by atoms with van der Waals surface area (Å²) in [6.07, 6.45) is 3.89. The van der Waals surface area contributed by atoms with Gasteiger partial charge in [0.15, 0.2) is 0 Å². The Kier molecular flexibility index (Phi) is 18.3. The first kappa shape index (κ1) is 49.4. The van der Waals surface area contributed by atoms with Crippen LogP contribution in [0.5, 0.6) is 23.5 Å². The van der Waals surface area contributed by atoms with Crippen LogP contribution >= 0.6 is 31.9 Å². The van der Waals surface area contributed by atoms with E-state index in [2.05, 4.69) is 64.6 Å². The zero-order valence-corrected chi connectivity index (χ0v) is 39.4. The Balaban J connectivity index is 1.16. The number of carboxylic acid groups (broad SMARTS) is 2. The summed E-state index contributed by atoms with van der Waals surface area (Å²) >= 11 is 7.22. The molecule has 4 heterocycles. The van der Waals surface area contributed by atoms with Crippen LogP contribution in [0, 0.1) is 13.8 Å². The van der Waals surface area contributed by atoms with E-state index in [4.69, 9.17) is 39.1 Å². The zero-order valence-electron chi connectivity index (χ0n) is 36.2. The summed E-state index contributed by atoms with van der Waals surface area (Å²) in [5, 5.41) is 44.3. The number of ether oxygens (including phenoxy) is 4. The Labute approximate surface area is 398 Å². The smallest absolute Gasteiger partial charge is 0.306 e. The molecule has 0 aliphatic carbocycles. The molecule has 66 heavy (non-hydrogen) atoms. The number of aromatic nitrogens is 4. The summed E-state index contributed by atoms with van der Waals surface area (Å²) in [6.45, 7) is 5.53. The lowest BCUT2D eigenvalue weighted by molar-refractivity contribution is -0.140. The molecule has 2 aromatic carbocycles. The molecule has 0 saturated carbocycles. The number of nitrogens with one attached hydrogen (secondary N) is 2. The van der Waals surface area contributed by atoms with E-state index in [0.717, 1.165) is 44.5 Å². The first-order valence-electron chi connectivity index (χ1n) is 20.9. The lowest BCUT2D eigenvalue weighted by Crippen LogP contribution is -2.28. The topological polar surface area (TPSA) is 228 Å². The van der Waals surface area contributed by atoms with Crippen LogP contribution in [-0.4, -0.2) is 77.6 Å². The second kappa shape index (κ2) is 24.5. The molecule has 6 N–H and O–H groups in total. The summed E-state index contributed by atoms with van der Waals surface area (Å²) in [6, 6.07) is 23.2. The standard InChI is InChI=1S/C48H50Br2N6O10/c1-29-33(27-65-47-41(49)15-35(21-53-23-37(57)17-43(59)60)45(55-47)63-25-31-7-5-13-51-19-31)9-3-11-39(29)40-12-4-10-34(30(40)2)28-66-48-42(50)16-36(22-54-24-38(58)18-44(61)62)46(56-48)64-26-32-8-6-14-52-20-32/h3-16,19-20,37-38,53-54,57-58H,17-18,21-28H2,1-2H3,(H,59,60)(H,61,62)/t37-,38-/m0/s1. The number of rotatable bonds is 25. The molecule has 346 valence electrons. The van der Waals surface area contributed by atoms with Crippen LogP contribution < -0.4 is 29.6 Å². The maximum Gasteiger partial charge on any atom is 0.306 e. The summed E-state index contributed by atoms with van der Waals surface area (Å²) in [5.74, 6) is -0.917. The Morgan fingerprint density at radius 3 is 1.36 bits per heavy atom. The number of halogens is 2. The number of carboxylic acids is 2. The van der Waals surface area contributed by atoms with Crippen LogP contribution in [0.4, 0.5) is 0 Å². The molecule has 2 atom stereocenters. The Bertz CT molecular complexity index is 2400. The highest BCUT2D eigenvalue weighted by atomic mass is 79.9. The van der Waals surface area contributed by atoms with Crippen LogP contribution in [0.15, 0.2) is 107 Å². The van der Waals surface area contributed by atoms with Crippen molar-refractivity contribution in [3.05, 3.63) is 151 Å². The number of aliphatic hydroxyl groups is 2. The summed E-state index contributed by atoms with van der Waals surface area (Å²) < 4.78 is 26.1. The van der Waals surface area contributed by atoms with Crippen molar-refractivity contribution >= 4 is 43.8 Å². The molecule has 0 spiro atoms. The average molecular weight is 1030 g/mol. The molecule has 18 heteroatoms. The molecule has 0 bridgehead atoms. The Morgan fingerprint density at radius 2 is 0.985 bits per heavy atom. The van der Waals surface area contributed by atoms with Crippen molar-refractivity contribution in [1.82, 2.24) is 30.6 Å². The highest BCUT2D eigenvalue weighted by Crippen LogP contribution is 2.35. The third-order valence-electron chi connectivity index (χ3n) is 10.3. The van der Waals surface area contributed by atoms with E-state index in [0.29, 0.717) is 43.6 Å². The quantitative estimate of drug-likeness (QED) is 0.0332. The molecule has 0 saturated heterocycles. The second-order valence-corrected chi connectivity index (χ2v) is 17.0. The molecule has 0 unspecified atom stereocenters. The summed E-state index contributed by atoms with van der Waals surface area (Å²) in [7, 11) is 0. The maximum atomic E-state index is 11.0. The van der Waals surface area contributed by atoms with Gasteiger partial charge in [0.25, 0.3) is 0 Å². The maximum absolute atomic E-state index is 11.0. The molecule has 16 nitrogen and oxygen atoms in total. The highest BCUT2D eigenvalue weighted by molar-refractivity contribution is 9.10. The number of aliphatic hydroxyl groups excluding tert-OH is 2. The first-order chi connectivity index (χ1) is 31.8. The molecular weight excluding hydrogens is 980 g/mol. The predicted octanol–water partition coefficient (Wildman–Crippen LogP) is 7.24. The minimum atomic E-state index is -1.09. The van der Waals surface area contributed by atoms with E-state index in [1.54, 1.807) is 24.8 Å². The van der Waals surface area contributed by atoms with Gasteiger partial charge in [-0.2, -0.15) is 9.97 Å². The third-order valence-corrected chi connectivity index (χ3v) is 11.4. The minimum Gasteiger partial charge on any atom is -0.481 e. The van der Waals surface area contributed by atoms with Gasteiger partial charge in [-0.3, -0.25) is 19.6 Å². The van der Waals surface area contributed by atoms with E-state index >= 15 is 0 Å². The fraction of sp³-hybridized carbons (Fsp3) is 0.292. The van der Waals surface area contributed by atoms with Crippen molar-refractivity contribution in [3.8, 4) is 34.6 Å². The Morgan fingerprint density at radius 1 is 0.576 bits per heavy atom. The van der Waals surface area contributed by atoms with Gasteiger partial charge in [-0.15, -0.1) is 0 Å². The average Bonchev–Trinajstić information content (AvgIpc) is 3.28. The second-order valence-electron chi connectivity index (χ2n) is 15.3. The van der Waals surface area contributed by atoms with Gasteiger partial charge in [0.2, 0.25) is 23.5 Å². The third kappa shape index (κ3) is 14.5. The lowest BCUT2D eigenvalue weighted by atomic mass is 9.92. The molecule has 0 aliphatic rings. The van der Waals surface area contributed by atoms with Crippen LogP contribution in [0.1, 0.15) is 57.3 Å². The van der Waals surface area contributed by atoms with Crippen molar-refractivity contribution in [3.63, 3.8) is 0 Å².